The van der Waals surface area contributed by atoms with Crippen molar-refractivity contribution in [3.63, 3.8) is 0 Å². The Bertz CT molecular complexity index is 933. The van der Waals surface area contributed by atoms with Gasteiger partial charge in [0.2, 0.25) is 17.6 Å². The van der Waals surface area contributed by atoms with Crippen LogP contribution < -0.4 is 10.1 Å². The van der Waals surface area contributed by atoms with Gasteiger partial charge >= 0.3 is 0 Å². The number of aryl methyl sites for hydroxylation is 1. The average molecular weight is 393 g/mol. The van der Waals surface area contributed by atoms with Crippen molar-refractivity contribution >= 4 is 5.91 Å². The lowest BCUT2D eigenvalue weighted by atomic mass is 10.0. The lowest BCUT2D eigenvalue weighted by Gasteiger charge is -2.08. The molecule has 0 saturated carbocycles. The largest absolute Gasteiger partial charge is 0.496 e. The van der Waals surface area contributed by atoms with Gasteiger partial charge in [-0.25, -0.2) is 0 Å². The molecule has 1 heterocycles. The van der Waals surface area contributed by atoms with Gasteiger partial charge in [-0.1, -0.05) is 61.5 Å². The molecule has 0 atom stereocenters. The molecule has 1 aromatic heterocycles. The lowest BCUT2D eigenvalue weighted by Crippen LogP contribution is -2.26. The maximum atomic E-state index is 12.1. The number of amides is 1. The van der Waals surface area contributed by atoms with Gasteiger partial charge in [-0.2, -0.15) is 4.98 Å². The highest BCUT2D eigenvalue weighted by Crippen LogP contribution is 2.21. The van der Waals surface area contributed by atoms with E-state index in [1.54, 1.807) is 7.11 Å². The fourth-order valence-electron chi connectivity index (χ4n) is 3.05. The summed E-state index contributed by atoms with van der Waals surface area (Å²) in [5.41, 5.74) is 3.24. The molecular weight excluding hydrogens is 366 g/mol. The Balaban J connectivity index is 1.46. The van der Waals surface area contributed by atoms with Gasteiger partial charge in [0.15, 0.2) is 0 Å². The molecule has 0 saturated heterocycles. The van der Waals surface area contributed by atoms with Gasteiger partial charge in [-0.05, 0) is 29.5 Å². The van der Waals surface area contributed by atoms with Gasteiger partial charge < -0.3 is 14.6 Å². The first kappa shape index (κ1) is 20.6. The van der Waals surface area contributed by atoms with Crippen LogP contribution in [-0.2, 0) is 17.6 Å². The Kier molecular flexibility index (Phi) is 7.00. The molecule has 6 nitrogen and oxygen atoms in total. The molecule has 0 aliphatic rings. The van der Waals surface area contributed by atoms with Crippen LogP contribution in [0.4, 0.5) is 0 Å². The van der Waals surface area contributed by atoms with E-state index in [1.165, 1.54) is 5.56 Å². The highest BCUT2D eigenvalue weighted by molar-refractivity contribution is 5.76. The van der Waals surface area contributed by atoms with Gasteiger partial charge in [-0.15, -0.1) is 0 Å². The number of hydrogen-bond donors (Lipinski definition) is 1. The van der Waals surface area contributed by atoms with E-state index in [0.717, 1.165) is 16.9 Å². The number of methoxy groups -OCH3 is 1. The quantitative estimate of drug-likeness (QED) is 0.591. The van der Waals surface area contributed by atoms with Crippen LogP contribution in [0, 0.1) is 0 Å². The van der Waals surface area contributed by atoms with Crippen molar-refractivity contribution in [3.8, 4) is 17.1 Å². The fourth-order valence-corrected chi connectivity index (χ4v) is 3.05. The number of para-hydroxylation sites is 1. The smallest absolute Gasteiger partial charge is 0.227 e. The maximum Gasteiger partial charge on any atom is 0.227 e. The molecule has 0 spiro atoms. The summed E-state index contributed by atoms with van der Waals surface area (Å²) in [6, 6.07) is 15.9. The first-order valence-electron chi connectivity index (χ1n) is 9.88. The molecule has 0 aliphatic carbocycles. The number of hydrogen-bond acceptors (Lipinski definition) is 5. The standard InChI is InChI=1S/C23H27N3O3/c1-16(2)17-8-10-19(11-9-17)23-25-22(29-26-23)13-12-21(27)24-15-14-18-6-4-5-7-20(18)28-3/h4-11,16H,12-15H2,1-3H3,(H,24,27). The summed E-state index contributed by atoms with van der Waals surface area (Å²) in [5.74, 6) is 2.29. The Hall–Kier alpha value is -3.15. The number of carbonyl (C=O) groups excluding carboxylic acids is 1. The fraction of sp³-hybridized carbons (Fsp3) is 0.348. The molecular formula is C23H27N3O3. The van der Waals surface area contributed by atoms with E-state index >= 15 is 0 Å². The zero-order valence-corrected chi connectivity index (χ0v) is 17.1. The summed E-state index contributed by atoms with van der Waals surface area (Å²) >= 11 is 0. The molecule has 2 aromatic carbocycles. The number of benzene rings is 2. The number of ether oxygens (including phenoxy) is 1. The number of rotatable bonds is 9. The molecule has 0 unspecified atom stereocenters. The zero-order valence-electron chi connectivity index (χ0n) is 17.1. The third-order valence-electron chi connectivity index (χ3n) is 4.78. The summed E-state index contributed by atoms with van der Waals surface area (Å²) in [7, 11) is 1.65. The van der Waals surface area contributed by atoms with Crippen LogP contribution in [0.15, 0.2) is 53.1 Å². The zero-order chi connectivity index (χ0) is 20.6. The minimum Gasteiger partial charge on any atom is -0.496 e. The van der Waals surface area contributed by atoms with E-state index in [4.69, 9.17) is 9.26 Å². The molecule has 0 radical (unpaired) electrons. The van der Waals surface area contributed by atoms with Crippen LogP contribution >= 0.6 is 0 Å². The molecule has 0 bridgehead atoms. The van der Waals surface area contributed by atoms with Gasteiger partial charge in [0, 0.05) is 24.9 Å². The molecule has 3 rings (SSSR count). The van der Waals surface area contributed by atoms with Crippen molar-refractivity contribution in [1.82, 2.24) is 15.5 Å². The summed E-state index contributed by atoms with van der Waals surface area (Å²) in [6.07, 6.45) is 1.43. The topological polar surface area (TPSA) is 77.2 Å². The monoisotopic (exact) mass is 393 g/mol. The van der Waals surface area contributed by atoms with Crippen LogP contribution in [0.1, 0.15) is 43.2 Å². The van der Waals surface area contributed by atoms with E-state index in [0.29, 0.717) is 43.4 Å². The summed E-state index contributed by atoms with van der Waals surface area (Å²) in [4.78, 5) is 16.5. The van der Waals surface area contributed by atoms with Gasteiger partial charge in [0.1, 0.15) is 5.75 Å². The summed E-state index contributed by atoms with van der Waals surface area (Å²) in [5, 5.41) is 6.95. The third kappa shape index (κ3) is 5.67. The first-order valence-corrected chi connectivity index (χ1v) is 9.88. The van der Waals surface area contributed by atoms with Gasteiger partial charge in [0.25, 0.3) is 0 Å². The normalized spacial score (nSPS) is 10.9. The molecule has 0 aliphatic heterocycles. The minimum atomic E-state index is -0.0408. The predicted molar refractivity (Wildman–Crippen MR) is 112 cm³/mol. The van der Waals surface area contributed by atoms with E-state index < -0.39 is 0 Å². The predicted octanol–water partition coefficient (Wildman–Crippen LogP) is 4.16. The minimum absolute atomic E-state index is 0.0408. The summed E-state index contributed by atoms with van der Waals surface area (Å²) in [6.45, 7) is 4.86. The van der Waals surface area contributed by atoms with Crippen molar-refractivity contribution in [2.45, 2.75) is 39.0 Å². The van der Waals surface area contributed by atoms with Crippen molar-refractivity contribution in [2.24, 2.45) is 0 Å². The lowest BCUT2D eigenvalue weighted by molar-refractivity contribution is -0.121. The molecule has 1 N–H and O–H groups in total. The Morgan fingerprint density at radius 3 is 2.59 bits per heavy atom. The third-order valence-corrected chi connectivity index (χ3v) is 4.78. The molecule has 152 valence electrons. The van der Waals surface area contributed by atoms with Crippen LogP contribution in [-0.4, -0.2) is 29.7 Å². The van der Waals surface area contributed by atoms with Crippen molar-refractivity contribution in [1.29, 1.82) is 0 Å². The molecule has 6 heteroatoms. The highest BCUT2D eigenvalue weighted by atomic mass is 16.5. The van der Waals surface area contributed by atoms with Crippen molar-refractivity contribution in [2.75, 3.05) is 13.7 Å². The second kappa shape index (κ2) is 9.87. The van der Waals surface area contributed by atoms with E-state index in [-0.39, 0.29) is 5.91 Å². The van der Waals surface area contributed by atoms with Crippen LogP contribution in [0.2, 0.25) is 0 Å². The molecule has 29 heavy (non-hydrogen) atoms. The first-order chi connectivity index (χ1) is 14.1. The van der Waals surface area contributed by atoms with E-state index in [2.05, 4.69) is 41.4 Å². The van der Waals surface area contributed by atoms with Gasteiger partial charge in [0.05, 0.1) is 7.11 Å². The number of carbonyl (C=O) groups is 1. The molecule has 3 aromatic rings. The number of aromatic nitrogens is 2. The van der Waals surface area contributed by atoms with E-state index in [9.17, 15) is 4.79 Å². The molecule has 1 amide bonds. The Morgan fingerprint density at radius 2 is 1.86 bits per heavy atom. The van der Waals surface area contributed by atoms with Crippen LogP contribution in [0.25, 0.3) is 11.4 Å². The molecule has 0 fully saturated rings. The van der Waals surface area contributed by atoms with Gasteiger partial charge in [-0.3, -0.25) is 4.79 Å². The summed E-state index contributed by atoms with van der Waals surface area (Å²) < 4.78 is 10.6. The van der Waals surface area contributed by atoms with Crippen molar-refractivity contribution < 1.29 is 14.1 Å². The van der Waals surface area contributed by atoms with Crippen LogP contribution in [0.5, 0.6) is 5.75 Å². The number of nitrogens with zero attached hydrogens (tertiary/aromatic N) is 2. The van der Waals surface area contributed by atoms with Crippen LogP contribution in [0.3, 0.4) is 0 Å². The number of nitrogens with one attached hydrogen (secondary N) is 1. The highest BCUT2D eigenvalue weighted by Gasteiger charge is 2.11. The average Bonchev–Trinajstić information content (AvgIpc) is 3.22. The van der Waals surface area contributed by atoms with E-state index in [1.807, 2.05) is 36.4 Å². The SMILES string of the molecule is COc1ccccc1CCNC(=O)CCc1nc(-c2ccc(C(C)C)cc2)no1. The Morgan fingerprint density at radius 1 is 1.10 bits per heavy atom. The second-order valence-electron chi connectivity index (χ2n) is 7.20. The van der Waals surface area contributed by atoms with Crippen molar-refractivity contribution in [3.05, 3.63) is 65.5 Å². The second-order valence-corrected chi connectivity index (χ2v) is 7.20. The maximum absolute atomic E-state index is 12.1. The Labute approximate surface area is 171 Å².